The zero-order valence-electron chi connectivity index (χ0n) is 28.9. The molecule has 15 heteroatoms. The fourth-order valence-electron chi connectivity index (χ4n) is 6.54. The summed E-state index contributed by atoms with van der Waals surface area (Å²) in [6, 6.07) is 18.0. The van der Waals surface area contributed by atoms with Crippen molar-refractivity contribution in [3.05, 3.63) is 93.5 Å². The van der Waals surface area contributed by atoms with Gasteiger partial charge in [-0.15, -0.1) is 0 Å². The van der Waals surface area contributed by atoms with Crippen molar-refractivity contribution in [1.29, 1.82) is 0 Å². The Morgan fingerprint density at radius 1 is 0.863 bits per heavy atom. The number of piperazine rings is 1. The fraction of sp³-hybridized carbons (Fsp3) is 0.417. The van der Waals surface area contributed by atoms with Crippen molar-refractivity contribution in [2.45, 2.75) is 23.9 Å². The van der Waals surface area contributed by atoms with Crippen molar-refractivity contribution in [3.63, 3.8) is 0 Å². The van der Waals surface area contributed by atoms with E-state index in [4.69, 9.17) is 37.7 Å². The summed E-state index contributed by atoms with van der Waals surface area (Å²) in [7, 11) is -0.842. The van der Waals surface area contributed by atoms with Crippen molar-refractivity contribution in [2.75, 3.05) is 79.7 Å². The predicted molar refractivity (Wildman–Crippen MR) is 196 cm³/mol. The third-order valence-corrected chi connectivity index (χ3v) is 11.6. The molecule has 3 amide bonds. The molecule has 0 spiro atoms. The molecule has 0 aliphatic carbocycles. The molecule has 0 bridgehead atoms. The van der Waals surface area contributed by atoms with Crippen LogP contribution in [-0.2, 0) is 19.6 Å². The normalized spacial score (nSPS) is 20.1. The first kappa shape index (κ1) is 37.1. The summed E-state index contributed by atoms with van der Waals surface area (Å²) < 4.78 is 38.8. The van der Waals surface area contributed by atoms with Crippen molar-refractivity contribution in [1.82, 2.24) is 23.9 Å². The Bertz CT molecular complexity index is 1860. The minimum Gasteiger partial charge on any atom is -0.493 e. The maximum Gasteiger partial charge on any atom is 0.326 e. The highest BCUT2D eigenvalue weighted by atomic mass is 35.5. The predicted octanol–water partition coefficient (Wildman–Crippen LogP) is 4.78. The number of sulfonamides is 1. The molecule has 3 heterocycles. The molecule has 0 aromatic heterocycles. The average Bonchev–Trinajstić information content (AvgIpc) is 3.53. The zero-order valence-corrected chi connectivity index (χ0v) is 31.2. The van der Waals surface area contributed by atoms with Crippen LogP contribution in [0.3, 0.4) is 0 Å². The number of halogens is 2. The Hall–Kier alpha value is -3.72. The average molecular weight is 758 g/mol. The van der Waals surface area contributed by atoms with Gasteiger partial charge in [-0.2, -0.15) is 0 Å². The van der Waals surface area contributed by atoms with Gasteiger partial charge < -0.3 is 19.3 Å². The molecule has 3 aliphatic rings. The topological polar surface area (TPSA) is 115 Å². The molecule has 51 heavy (non-hydrogen) atoms. The van der Waals surface area contributed by atoms with E-state index < -0.39 is 22.1 Å². The molecule has 6 rings (SSSR count). The van der Waals surface area contributed by atoms with Gasteiger partial charge in [-0.3, -0.25) is 19.6 Å². The van der Waals surface area contributed by atoms with Gasteiger partial charge in [-0.05, 0) is 54.4 Å². The third kappa shape index (κ3) is 8.03. The lowest BCUT2D eigenvalue weighted by Gasteiger charge is -2.39. The van der Waals surface area contributed by atoms with E-state index in [9.17, 15) is 18.0 Å². The van der Waals surface area contributed by atoms with Gasteiger partial charge in [-0.1, -0.05) is 47.5 Å². The van der Waals surface area contributed by atoms with Crippen LogP contribution in [0.15, 0.2) is 76.6 Å². The Morgan fingerprint density at radius 3 is 2.06 bits per heavy atom. The van der Waals surface area contributed by atoms with E-state index >= 15 is 0 Å². The van der Waals surface area contributed by atoms with Gasteiger partial charge >= 0.3 is 6.03 Å². The van der Waals surface area contributed by atoms with E-state index in [1.807, 2.05) is 36.1 Å². The van der Waals surface area contributed by atoms with Crippen LogP contribution in [0.1, 0.15) is 35.7 Å². The molecular formula is C36H42Cl2N6O6S. The van der Waals surface area contributed by atoms with Crippen LogP contribution in [0.5, 0.6) is 5.75 Å². The van der Waals surface area contributed by atoms with Crippen molar-refractivity contribution in [3.8, 4) is 5.75 Å². The standard InChI is InChI=1S/C36H42Cl2N6O6S/c1-4-50-31-23-29(51(47,48)40(2)3)13-14-30(31)35-39-33(25-5-9-27(37)10-6-25)34(26-7-11-28(38)12-8-26)44(35)36(46)43-17-15-41(16-18-43)24-32(45)42-19-21-49-22-20-42/h5-14,23,33-34H,4,15-22,24H2,1-3H3. The molecule has 3 aromatic carbocycles. The number of benzene rings is 3. The summed E-state index contributed by atoms with van der Waals surface area (Å²) >= 11 is 12.6. The number of amides is 3. The van der Waals surface area contributed by atoms with E-state index in [-0.39, 0.29) is 35.7 Å². The van der Waals surface area contributed by atoms with Gasteiger partial charge in [0.2, 0.25) is 15.9 Å². The highest BCUT2D eigenvalue weighted by molar-refractivity contribution is 7.89. The van der Waals surface area contributed by atoms with Crippen LogP contribution in [0.2, 0.25) is 10.0 Å². The maximum atomic E-state index is 14.9. The molecule has 2 unspecified atom stereocenters. The molecule has 2 atom stereocenters. The highest BCUT2D eigenvalue weighted by Crippen LogP contribution is 2.45. The third-order valence-electron chi connectivity index (χ3n) is 9.33. The van der Waals surface area contributed by atoms with Crippen molar-refractivity contribution < 1.29 is 27.5 Å². The van der Waals surface area contributed by atoms with E-state index in [1.165, 1.54) is 26.2 Å². The van der Waals surface area contributed by atoms with Crippen molar-refractivity contribution in [2.24, 2.45) is 4.99 Å². The van der Waals surface area contributed by atoms with Gasteiger partial charge in [-0.25, -0.2) is 17.5 Å². The lowest BCUT2D eigenvalue weighted by atomic mass is 9.93. The van der Waals surface area contributed by atoms with Crippen molar-refractivity contribution >= 4 is 51.0 Å². The Morgan fingerprint density at radius 2 is 1.47 bits per heavy atom. The Balaban J connectivity index is 1.39. The molecular weight excluding hydrogens is 715 g/mol. The first-order valence-corrected chi connectivity index (χ1v) is 19.1. The number of carbonyl (C=O) groups excluding carboxylic acids is 2. The van der Waals surface area contributed by atoms with E-state index in [2.05, 4.69) is 4.90 Å². The molecule has 12 nitrogen and oxygen atoms in total. The summed E-state index contributed by atoms with van der Waals surface area (Å²) in [5, 5.41) is 1.12. The van der Waals surface area contributed by atoms with Crippen LogP contribution in [0.4, 0.5) is 4.79 Å². The van der Waals surface area contributed by atoms with Gasteiger partial charge in [0.25, 0.3) is 0 Å². The molecule has 0 radical (unpaired) electrons. The summed E-state index contributed by atoms with van der Waals surface area (Å²) in [5.74, 6) is 0.695. The lowest BCUT2D eigenvalue weighted by molar-refractivity contribution is -0.136. The number of carbonyl (C=O) groups is 2. The maximum absolute atomic E-state index is 14.9. The second-order valence-electron chi connectivity index (χ2n) is 12.7. The number of ether oxygens (including phenoxy) is 2. The van der Waals surface area contributed by atoms with Crippen LogP contribution < -0.4 is 4.74 Å². The largest absolute Gasteiger partial charge is 0.493 e. The SMILES string of the molecule is CCOc1cc(S(=O)(=O)N(C)C)ccc1C1=NC(c2ccc(Cl)cc2)C(c2ccc(Cl)cc2)N1C(=O)N1CCN(CC(=O)N2CCOCC2)CC1. The van der Waals surface area contributed by atoms with E-state index in [0.717, 1.165) is 15.4 Å². The molecule has 3 aromatic rings. The number of morpholine rings is 1. The minimum absolute atomic E-state index is 0.0578. The molecule has 2 saturated heterocycles. The minimum atomic E-state index is -3.78. The summed E-state index contributed by atoms with van der Waals surface area (Å²) in [5.41, 5.74) is 2.13. The number of amidine groups is 1. The van der Waals surface area contributed by atoms with E-state index in [1.54, 1.807) is 40.1 Å². The van der Waals surface area contributed by atoms with Crippen LogP contribution in [0.25, 0.3) is 0 Å². The van der Waals surface area contributed by atoms with E-state index in [0.29, 0.717) is 73.9 Å². The number of rotatable bonds is 9. The number of aliphatic imine (C=N–C) groups is 1. The van der Waals surface area contributed by atoms with Gasteiger partial charge in [0, 0.05) is 69.5 Å². The summed E-state index contributed by atoms with van der Waals surface area (Å²) in [6.45, 7) is 6.44. The van der Waals surface area contributed by atoms with Crippen LogP contribution >= 0.6 is 23.2 Å². The molecule has 272 valence electrons. The molecule has 0 N–H and O–H groups in total. The molecule has 0 saturated carbocycles. The van der Waals surface area contributed by atoms with Crippen LogP contribution in [-0.4, -0.2) is 130 Å². The number of hydrogen-bond acceptors (Lipinski definition) is 8. The van der Waals surface area contributed by atoms with Gasteiger partial charge in [0.15, 0.2) is 0 Å². The number of urea groups is 1. The monoisotopic (exact) mass is 756 g/mol. The fourth-order valence-corrected chi connectivity index (χ4v) is 7.71. The summed E-state index contributed by atoms with van der Waals surface area (Å²) in [6.07, 6.45) is 0. The first-order chi connectivity index (χ1) is 24.5. The first-order valence-electron chi connectivity index (χ1n) is 16.9. The quantitative estimate of drug-likeness (QED) is 0.309. The van der Waals surface area contributed by atoms with Gasteiger partial charge in [0.1, 0.15) is 17.6 Å². The van der Waals surface area contributed by atoms with Gasteiger partial charge in [0.05, 0.1) is 42.9 Å². The summed E-state index contributed by atoms with van der Waals surface area (Å²) in [4.78, 5) is 40.5. The Kier molecular flexibility index (Phi) is 11.5. The molecule has 3 aliphatic heterocycles. The lowest BCUT2D eigenvalue weighted by Crippen LogP contribution is -2.56. The Labute approximate surface area is 309 Å². The number of hydrogen-bond donors (Lipinski definition) is 0. The second kappa shape index (κ2) is 15.9. The second-order valence-corrected chi connectivity index (χ2v) is 15.8. The highest BCUT2D eigenvalue weighted by Gasteiger charge is 2.45. The smallest absolute Gasteiger partial charge is 0.326 e. The van der Waals surface area contributed by atoms with Crippen LogP contribution in [0, 0.1) is 0 Å². The zero-order chi connectivity index (χ0) is 36.3. The molecule has 2 fully saturated rings. The number of nitrogens with zero attached hydrogens (tertiary/aromatic N) is 6.